The monoisotopic (exact) mass is 244 g/mol. The number of halogens is 2. The van der Waals surface area contributed by atoms with Crippen molar-refractivity contribution < 1.29 is 28.6 Å². The summed E-state index contributed by atoms with van der Waals surface area (Å²) in [5.74, 6) is -5.77. The van der Waals surface area contributed by atoms with Gasteiger partial charge in [0, 0.05) is 6.07 Å². The molecule has 8 heteroatoms. The summed E-state index contributed by atoms with van der Waals surface area (Å²) >= 11 is 0. The molecule has 90 valence electrons. The van der Waals surface area contributed by atoms with Crippen LogP contribution in [-0.4, -0.2) is 27.9 Å². The van der Waals surface area contributed by atoms with Crippen LogP contribution in [0.2, 0.25) is 0 Å². The molecule has 0 bridgehead atoms. The average Bonchev–Trinajstić information content (AvgIpc) is 2.22. The van der Waals surface area contributed by atoms with Gasteiger partial charge in [-0.05, 0) is 12.1 Å². The van der Waals surface area contributed by atoms with Crippen molar-refractivity contribution in [2.24, 2.45) is 5.10 Å². The molecule has 0 aliphatic heterocycles. The molecule has 6 nitrogen and oxygen atoms in total. The van der Waals surface area contributed by atoms with E-state index in [0.29, 0.717) is 6.07 Å². The first-order valence-corrected chi connectivity index (χ1v) is 4.17. The number of carboxylic acids is 2. The van der Waals surface area contributed by atoms with Gasteiger partial charge in [0.1, 0.15) is 0 Å². The minimum atomic E-state index is -1.76. The number of hydrazone groups is 1. The minimum Gasteiger partial charge on any atom is -0.476 e. The topological polar surface area (TPSA) is 99.0 Å². The van der Waals surface area contributed by atoms with Crippen molar-refractivity contribution in [2.75, 3.05) is 5.43 Å². The van der Waals surface area contributed by atoms with Gasteiger partial charge in [-0.2, -0.15) is 5.10 Å². The van der Waals surface area contributed by atoms with Gasteiger partial charge >= 0.3 is 11.9 Å². The Balaban J connectivity index is 2.91. The van der Waals surface area contributed by atoms with Crippen LogP contribution >= 0.6 is 0 Å². The fourth-order valence-electron chi connectivity index (χ4n) is 0.873. The molecule has 0 atom stereocenters. The molecule has 0 amide bonds. The number of nitrogens with one attached hydrogen (secondary N) is 1. The molecule has 0 radical (unpaired) electrons. The highest BCUT2D eigenvalue weighted by atomic mass is 19.2. The summed E-state index contributed by atoms with van der Waals surface area (Å²) in [6.45, 7) is 0. The van der Waals surface area contributed by atoms with E-state index in [1.165, 1.54) is 0 Å². The highest BCUT2D eigenvalue weighted by Gasteiger charge is 2.18. The van der Waals surface area contributed by atoms with Gasteiger partial charge in [0.25, 0.3) is 5.71 Å². The third-order valence-corrected chi connectivity index (χ3v) is 1.62. The number of benzene rings is 1. The van der Waals surface area contributed by atoms with Crippen LogP contribution in [0.3, 0.4) is 0 Å². The fraction of sp³-hybridized carbons (Fsp3) is 0. The van der Waals surface area contributed by atoms with Crippen LogP contribution in [0, 0.1) is 11.6 Å². The first-order valence-electron chi connectivity index (χ1n) is 4.17. The summed E-state index contributed by atoms with van der Waals surface area (Å²) in [7, 11) is 0. The Hall–Kier alpha value is -2.51. The predicted octanol–water partition coefficient (Wildman–Crippen LogP) is 0.902. The number of anilines is 1. The summed E-state index contributed by atoms with van der Waals surface area (Å²) in [5, 5.41) is 19.9. The molecular weight excluding hydrogens is 238 g/mol. The summed E-state index contributed by atoms with van der Waals surface area (Å²) in [6, 6.07) is 2.57. The van der Waals surface area contributed by atoms with Crippen LogP contribution in [0.4, 0.5) is 14.5 Å². The van der Waals surface area contributed by atoms with Crippen molar-refractivity contribution in [3.05, 3.63) is 29.8 Å². The molecule has 0 saturated heterocycles. The number of nitrogens with zero attached hydrogens (tertiary/aromatic N) is 1. The minimum absolute atomic E-state index is 0.0797. The number of aliphatic carboxylic acids is 2. The summed E-state index contributed by atoms with van der Waals surface area (Å²) < 4.78 is 25.3. The van der Waals surface area contributed by atoms with E-state index in [1.807, 2.05) is 5.43 Å². The van der Waals surface area contributed by atoms with Gasteiger partial charge in [0.15, 0.2) is 11.6 Å². The lowest BCUT2D eigenvalue weighted by atomic mass is 10.3. The second-order valence-electron chi connectivity index (χ2n) is 2.81. The van der Waals surface area contributed by atoms with Crippen molar-refractivity contribution in [1.29, 1.82) is 0 Å². The lowest BCUT2D eigenvalue weighted by Gasteiger charge is -2.01. The normalized spacial score (nSPS) is 9.53. The lowest BCUT2D eigenvalue weighted by molar-refractivity contribution is -0.134. The molecule has 0 spiro atoms. The van der Waals surface area contributed by atoms with E-state index < -0.39 is 29.3 Å². The maximum absolute atomic E-state index is 12.7. The molecule has 0 fully saturated rings. The zero-order valence-corrected chi connectivity index (χ0v) is 8.15. The lowest BCUT2D eigenvalue weighted by Crippen LogP contribution is -2.24. The van der Waals surface area contributed by atoms with Crippen molar-refractivity contribution in [3.63, 3.8) is 0 Å². The second kappa shape index (κ2) is 5.01. The summed E-state index contributed by atoms with van der Waals surface area (Å²) in [4.78, 5) is 20.8. The van der Waals surface area contributed by atoms with E-state index in [-0.39, 0.29) is 5.69 Å². The molecule has 1 aromatic carbocycles. The van der Waals surface area contributed by atoms with Crippen molar-refractivity contribution in [1.82, 2.24) is 0 Å². The molecule has 1 rings (SSSR count). The maximum atomic E-state index is 12.7. The number of carbonyl (C=O) groups is 2. The van der Waals surface area contributed by atoms with Crippen LogP contribution in [0.1, 0.15) is 0 Å². The first-order chi connectivity index (χ1) is 7.91. The van der Waals surface area contributed by atoms with Crippen molar-refractivity contribution in [3.8, 4) is 0 Å². The van der Waals surface area contributed by atoms with Crippen LogP contribution < -0.4 is 5.43 Å². The molecule has 3 N–H and O–H groups in total. The Labute approximate surface area is 93.2 Å². The largest absolute Gasteiger partial charge is 0.476 e. The molecule has 0 aliphatic carbocycles. The number of carboxylic acid groups (broad SMARTS) is 2. The first kappa shape index (κ1) is 12.6. The summed E-state index contributed by atoms with van der Waals surface area (Å²) in [5.41, 5.74) is 0.744. The van der Waals surface area contributed by atoms with E-state index >= 15 is 0 Å². The highest BCUT2D eigenvalue weighted by Crippen LogP contribution is 2.12. The van der Waals surface area contributed by atoms with Gasteiger partial charge in [0.2, 0.25) is 0 Å². The van der Waals surface area contributed by atoms with E-state index in [1.54, 1.807) is 0 Å². The van der Waals surface area contributed by atoms with Gasteiger partial charge in [-0.3, -0.25) is 5.43 Å². The molecule has 0 heterocycles. The predicted molar refractivity (Wildman–Crippen MR) is 52.7 cm³/mol. The smallest absolute Gasteiger partial charge is 0.364 e. The van der Waals surface area contributed by atoms with Gasteiger partial charge < -0.3 is 10.2 Å². The van der Waals surface area contributed by atoms with Crippen LogP contribution in [0.25, 0.3) is 0 Å². The Morgan fingerprint density at radius 2 is 1.71 bits per heavy atom. The Morgan fingerprint density at radius 3 is 2.18 bits per heavy atom. The van der Waals surface area contributed by atoms with E-state index in [0.717, 1.165) is 12.1 Å². The average molecular weight is 244 g/mol. The van der Waals surface area contributed by atoms with Crippen molar-refractivity contribution in [2.45, 2.75) is 0 Å². The van der Waals surface area contributed by atoms with Gasteiger partial charge in [-0.1, -0.05) is 0 Å². The quantitative estimate of drug-likeness (QED) is 0.415. The Morgan fingerprint density at radius 1 is 1.12 bits per heavy atom. The molecule has 0 aliphatic rings. The fourth-order valence-corrected chi connectivity index (χ4v) is 0.873. The Kier molecular flexibility index (Phi) is 3.70. The number of hydrogen-bond acceptors (Lipinski definition) is 4. The van der Waals surface area contributed by atoms with Gasteiger partial charge in [0.05, 0.1) is 5.69 Å². The maximum Gasteiger partial charge on any atom is 0.364 e. The molecule has 0 aromatic heterocycles. The van der Waals surface area contributed by atoms with Gasteiger partial charge in [-0.15, -0.1) is 0 Å². The van der Waals surface area contributed by atoms with Crippen LogP contribution in [0.5, 0.6) is 0 Å². The van der Waals surface area contributed by atoms with Crippen LogP contribution in [-0.2, 0) is 9.59 Å². The highest BCUT2D eigenvalue weighted by molar-refractivity contribution is 6.61. The molecule has 0 saturated carbocycles. The van der Waals surface area contributed by atoms with E-state index in [9.17, 15) is 18.4 Å². The second-order valence-corrected chi connectivity index (χ2v) is 2.81. The Bertz CT molecular complexity index is 486. The van der Waals surface area contributed by atoms with Crippen molar-refractivity contribution >= 4 is 23.3 Å². The standard InChI is InChI=1S/C9H6F2N2O4/c10-5-2-1-4(3-6(5)11)12-13-7(8(14)15)9(16)17/h1-3,12H,(H,14,15)(H,16,17). The summed E-state index contributed by atoms with van der Waals surface area (Å²) in [6.07, 6.45) is 0. The third-order valence-electron chi connectivity index (χ3n) is 1.62. The zero-order valence-electron chi connectivity index (χ0n) is 8.15. The third kappa shape index (κ3) is 3.23. The zero-order chi connectivity index (χ0) is 13.0. The molecule has 0 unspecified atom stereocenters. The molecule has 1 aromatic rings. The number of hydrogen-bond donors (Lipinski definition) is 3. The SMILES string of the molecule is O=C(O)C(=NNc1ccc(F)c(F)c1)C(=O)O. The molecular formula is C9H6F2N2O4. The van der Waals surface area contributed by atoms with E-state index in [4.69, 9.17) is 10.2 Å². The van der Waals surface area contributed by atoms with E-state index in [2.05, 4.69) is 5.10 Å². The number of rotatable bonds is 4. The molecule has 17 heavy (non-hydrogen) atoms. The van der Waals surface area contributed by atoms with Crippen LogP contribution in [0.15, 0.2) is 23.3 Å². The van der Waals surface area contributed by atoms with Gasteiger partial charge in [-0.25, -0.2) is 18.4 Å².